The van der Waals surface area contributed by atoms with E-state index in [9.17, 15) is 4.79 Å². The van der Waals surface area contributed by atoms with Gasteiger partial charge in [-0.05, 0) is 30.3 Å². The molecule has 2 aromatic carbocycles. The molecule has 6 rings (SSSR count). The summed E-state index contributed by atoms with van der Waals surface area (Å²) in [4.78, 5) is 35.6. The summed E-state index contributed by atoms with van der Waals surface area (Å²) in [7, 11) is 3.53. The number of hydrogen-bond donors (Lipinski definition) is 1. The molecule has 1 aliphatic heterocycles. The van der Waals surface area contributed by atoms with Crippen LogP contribution in [-0.4, -0.2) is 66.6 Å². The fourth-order valence-electron chi connectivity index (χ4n) is 4.73. The topological polar surface area (TPSA) is 129 Å². The number of rotatable bonds is 8. The van der Waals surface area contributed by atoms with Crippen molar-refractivity contribution in [1.82, 2.24) is 34.4 Å². The number of aromatic nitrogens is 6. The van der Waals surface area contributed by atoms with Crippen LogP contribution in [0.4, 0.5) is 11.5 Å². The first-order valence-corrected chi connectivity index (χ1v) is 13.1. The number of aryl methyl sites for hydroxylation is 1. The maximum atomic E-state index is 11.9. The number of piperidine rings is 1. The third kappa shape index (κ3) is 5.44. The molecule has 1 N–H and O–H groups in total. The average molecular weight is 553 g/mol. The maximum absolute atomic E-state index is 11.9. The van der Waals surface area contributed by atoms with E-state index in [-0.39, 0.29) is 18.0 Å². The molecule has 4 heterocycles. The van der Waals surface area contributed by atoms with Crippen LogP contribution in [0.25, 0.3) is 22.1 Å². The number of imidazole rings is 1. The van der Waals surface area contributed by atoms with Gasteiger partial charge in [0.1, 0.15) is 29.2 Å². The second-order valence-electron chi connectivity index (χ2n) is 9.55. The first-order valence-electron chi connectivity index (χ1n) is 13.1. The summed E-state index contributed by atoms with van der Waals surface area (Å²) in [5.41, 5.74) is 3.66. The summed E-state index contributed by atoms with van der Waals surface area (Å²) < 4.78 is 19.7. The molecular formula is C29H28N8O4. The summed E-state index contributed by atoms with van der Waals surface area (Å²) in [6, 6.07) is 11.5. The van der Waals surface area contributed by atoms with Crippen LogP contribution in [0.3, 0.4) is 0 Å². The number of carbonyl (C=O) groups is 1. The molecule has 1 saturated heterocycles. The molecule has 41 heavy (non-hydrogen) atoms. The molecule has 5 aromatic rings. The summed E-state index contributed by atoms with van der Waals surface area (Å²) >= 11 is 0. The third-order valence-corrected chi connectivity index (χ3v) is 6.91. The van der Waals surface area contributed by atoms with Gasteiger partial charge >= 0.3 is 6.01 Å². The predicted octanol–water partition coefficient (Wildman–Crippen LogP) is 4.41. The number of nitrogens with one attached hydrogen (secondary N) is 1. The second-order valence-corrected chi connectivity index (χ2v) is 9.55. The van der Waals surface area contributed by atoms with Gasteiger partial charge in [-0.2, -0.15) is 4.98 Å². The Hall–Kier alpha value is -5.26. The van der Waals surface area contributed by atoms with Crippen molar-refractivity contribution < 1.29 is 19.0 Å². The van der Waals surface area contributed by atoms with E-state index in [0.29, 0.717) is 60.0 Å². The lowest BCUT2D eigenvalue weighted by Crippen LogP contribution is -2.41. The first-order chi connectivity index (χ1) is 20.0. The number of nitrogens with zero attached hydrogens (tertiary/aromatic N) is 7. The number of ether oxygens (including phenoxy) is 3. The molecule has 0 radical (unpaired) electrons. The molecule has 208 valence electrons. The average Bonchev–Trinajstić information content (AvgIpc) is 3.37. The molecule has 0 bridgehead atoms. The number of likely N-dealkylation sites (tertiary alicyclic amines) is 1. The molecule has 12 nitrogen and oxygen atoms in total. The van der Waals surface area contributed by atoms with E-state index in [1.54, 1.807) is 24.5 Å². The van der Waals surface area contributed by atoms with Crippen molar-refractivity contribution >= 4 is 39.5 Å². The van der Waals surface area contributed by atoms with Crippen LogP contribution < -0.4 is 19.5 Å². The number of fused-ring (bicyclic) bond motifs is 2. The summed E-state index contributed by atoms with van der Waals surface area (Å²) in [6.45, 7) is 4.75. The SMILES string of the molecule is C=CC(=O)N1CCC(Oc2ncc3ncnc(Nc4ccc(Oc5ccc6c(c5)ncn6C)c(OC)c4)c3n2)CC1. The Balaban J connectivity index is 1.19. The van der Waals surface area contributed by atoms with E-state index in [2.05, 4.69) is 36.8 Å². The summed E-state index contributed by atoms with van der Waals surface area (Å²) in [5.74, 6) is 2.17. The van der Waals surface area contributed by atoms with Gasteiger partial charge in [0.25, 0.3) is 0 Å². The normalized spacial score (nSPS) is 13.8. The third-order valence-electron chi connectivity index (χ3n) is 6.91. The molecule has 3 aromatic heterocycles. The monoisotopic (exact) mass is 552 g/mol. The zero-order valence-corrected chi connectivity index (χ0v) is 22.6. The lowest BCUT2D eigenvalue weighted by Gasteiger charge is -2.30. The molecule has 0 saturated carbocycles. The van der Waals surface area contributed by atoms with Crippen LogP contribution in [0.2, 0.25) is 0 Å². The summed E-state index contributed by atoms with van der Waals surface area (Å²) in [6.07, 6.45) is 7.42. The number of methoxy groups -OCH3 is 1. The molecule has 1 fully saturated rings. The maximum Gasteiger partial charge on any atom is 0.317 e. The lowest BCUT2D eigenvalue weighted by molar-refractivity contribution is -0.127. The van der Waals surface area contributed by atoms with Gasteiger partial charge in [0.15, 0.2) is 17.3 Å². The van der Waals surface area contributed by atoms with Gasteiger partial charge in [0.2, 0.25) is 5.91 Å². The Bertz CT molecular complexity index is 1750. The van der Waals surface area contributed by atoms with E-state index in [1.807, 2.05) is 48.0 Å². The van der Waals surface area contributed by atoms with Gasteiger partial charge in [0.05, 0.1) is 30.7 Å². The largest absolute Gasteiger partial charge is 0.493 e. The van der Waals surface area contributed by atoms with Gasteiger partial charge < -0.3 is 29.0 Å². The van der Waals surface area contributed by atoms with Crippen molar-refractivity contribution in [2.45, 2.75) is 18.9 Å². The molecule has 12 heteroatoms. The number of anilines is 2. The van der Waals surface area contributed by atoms with E-state index < -0.39 is 0 Å². The van der Waals surface area contributed by atoms with Crippen LogP contribution in [0.15, 0.2) is 67.9 Å². The fraction of sp³-hybridized carbons (Fsp3) is 0.241. The zero-order valence-electron chi connectivity index (χ0n) is 22.6. The predicted molar refractivity (Wildman–Crippen MR) is 153 cm³/mol. The van der Waals surface area contributed by atoms with Crippen molar-refractivity contribution in [2.75, 3.05) is 25.5 Å². The quantitative estimate of drug-likeness (QED) is 0.276. The van der Waals surface area contributed by atoms with Gasteiger partial charge in [-0.15, -0.1) is 0 Å². The Morgan fingerprint density at radius 2 is 1.90 bits per heavy atom. The Kier molecular flexibility index (Phi) is 7.02. The highest BCUT2D eigenvalue weighted by Crippen LogP contribution is 2.36. The van der Waals surface area contributed by atoms with Crippen LogP contribution in [-0.2, 0) is 11.8 Å². The van der Waals surface area contributed by atoms with Gasteiger partial charge in [-0.3, -0.25) is 4.79 Å². The Morgan fingerprint density at radius 1 is 1.05 bits per heavy atom. The van der Waals surface area contributed by atoms with E-state index in [4.69, 9.17) is 14.2 Å². The van der Waals surface area contributed by atoms with Crippen molar-refractivity contribution in [3.8, 4) is 23.3 Å². The minimum atomic E-state index is -0.0995. The number of carbonyl (C=O) groups excluding carboxylic acids is 1. The van der Waals surface area contributed by atoms with Crippen LogP contribution >= 0.6 is 0 Å². The first kappa shape index (κ1) is 26.0. The molecule has 0 atom stereocenters. The molecule has 0 unspecified atom stereocenters. The van der Waals surface area contributed by atoms with Crippen LogP contribution in [0.5, 0.6) is 23.3 Å². The minimum absolute atomic E-state index is 0.0690. The molecule has 0 spiro atoms. The van der Waals surface area contributed by atoms with E-state index in [1.165, 1.54) is 12.4 Å². The van der Waals surface area contributed by atoms with Gasteiger partial charge in [-0.1, -0.05) is 6.58 Å². The number of amides is 1. The Labute approximate surface area is 235 Å². The molecule has 1 amide bonds. The molecule has 1 aliphatic rings. The summed E-state index contributed by atoms with van der Waals surface area (Å²) in [5, 5.41) is 3.30. The highest BCUT2D eigenvalue weighted by atomic mass is 16.5. The lowest BCUT2D eigenvalue weighted by atomic mass is 10.1. The number of benzene rings is 2. The van der Waals surface area contributed by atoms with Crippen molar-refractivity contribution in [3.63, 3.8) is 0 Å². The van der Waals surface area contributed by atoms with Crippen molar-refractivity contribution in [1.29, 1.82) is 0 Å². The minimum Gasteiger partial charge on any atom is -0.493 e. The standard InChI is InChI=1S/C29H28N8O4/c1-4-26(38)37-11-9-19(10-12-37)41-29-30-15-22-27(35-29)28(32-16-31-22)34-18-5-8-24(25(13-18)39-3)40-20-6-7-23-21(14-20)33-17-36(23)2/h4-8,13-17,19H,1,9-12H2,2-3H3,(H,31,32,34). The Morgan fingerprint density at radius 3 is 2.71 bits per heavy atom. The van der Waals surface area contributed by atoms with Gasteiger partial charge in [0, 0.05) is 50.8 Å². The molecular weight excluding hydrogens is 524 g/mol. The zero-order chi connectivity index (χ0) is 28.3. The smallest absolute Gasteiger partial charge is 0.317 e. The van der Waals surface area contributed by atoms with Crippen molar-refractivity contribution in [3.05, 3.63) is 67.9 Å². The van der Waals surface area contributed by atoms with Gasteiger partial charge in [-0.25, -0.2) is 19.9 Å². The molecule has 0 aliphatic carbocycles. The number of hydrogen-bond acceptors (Lipinski definition) is 10. The second kappa shape index (κ2) is 11.1. The van der Waals surface area contributed by atoms with E-state index >= 15 is 0 Å². The van der Waals surface area contributed by atoms with Crippen LogP contribution in [0.1, 0.15) is 12.8 Å². The highest BCUT2D eigenvalue weighted by molar-refractivity contribution is 5.87. The highest BCUT2D eigenvalue weighted by Gasteiger charge is 2.23. The van der Waals surface area contributed by atoms with Crippen LogP contribution in [0, 0.1) is 0 Å². The van der Waals surface area contributed by atoms with Crippen molar-refractivity contribution in [2.24, 2.45) is 7.05 Å². The van der Waals surface area contributed by atoms with E-state index in [0.717, 1.165) is 16.7 Å². The fourth-order valence-corrected chi connectivity index (χ4v) is 4.73.